The van der Waals surface area contributed by atoms with Gasteiger partial charge in [-0.25, -0.2) is 9.37 Å². The van der Waals surface area contributed by atoms with E-state index in [1.54, 1.807) is 23.5 Å². The second-order valence-corrected chi connectivity index (χ2v) is 7.67. The number of aryl methyl sites for hydroxylation is 1. The topological polar surface area (TPSA) is 74.2 Å². The zero-order valence-electron chi connectivity index (χ0n) is 13.7. The number of aromatic nitrogens is 1. The van der Waals surface area contributed by atoms with Crippen LogP contribution in [-0.4, -0.2) is 34.7 Å². The number of aliphatic hydroxyl groups is 1. The molecule has 2 heterocycles. The van der Waals surface area contributed by atoms with Crippen LogP contribution in [-0.2, 0) is 11.2 Å². The van der Waals surface area contributed by atoms with E-state index < -0.39 is 6.10 Å². The molecule has 1 fully saturated rings. The van der Waals surface area contributed by atoms with Gasteiger partial charge in [0.15, 0.2) is 0 Å². The fraction of sp³-hybridized carbons (Fsp3) is 0.444. The first kappa shape index (κ1) is 16.6. The van der Waals surface area contributed by atoms with Crippen LogP contribution in [0.2, 0.25) is 0 Å². The molecule has 0 spiro atoms. The van der Waals surface area contributed by atoms with Crippen LogP contribution < -0.4 is 10.6 Å². The van der Waals surface area contributed by atoms with Crippen LogP contribution in [0.4, 0.5) is 4.39 Å². The maximum absolute atomic E-state index is 13.1. The molecule has 2 aromatic rings. The van der Waals surface area contributed by atoms with Crippen LogP contribution in [0.1, 0.15) is 35.9 Å². The van der Waals surface area contributed by atoms with E-state index >= 15 is 0 Å². The average Bonchev–Trinajstić information content (AvgIpc) is 3.22. The molecule has 1 aromatic heterocycles. The molecule has 0 saturated carbocycles. The molecule has 7 heteroatoms. The summed E-state index contributed by atoms with van der Waals surface area (Å²) < 4.78 is 13.1. The van der Waals surface area contributed by atoms with Crippen LogP contribution in [0.3, 0.4) is 0 Å². The van der Waals surface area contributed by atoms with Crippen LogP contribution in [0, 0.1) is 5.82 Å². The third kappa shape index (κ3) is 3.44. The van der Waals surface area contributed by atoms with Crippen molar-refractivity contribution in [2.45, 2.75) is 43.9 Å². The fourth-order valence-electron chi connectivity index (χ4n) is 3.46. The Bertz CT molecular complexity index is 777. The van der Waals surface area contributed by atoms with E-state index in [1.807, 2.05) is 0 Å². The predicted molar refractivity (Wildman–Crippen MR) is 93.7 cm³/mol. The van der Waals surface area contributed by atoms with Crippen molar-refractivity contribution in [2.24, 2.45) is 0 Å². The van der Waals surface area contributed by atoms with Gasteiger partial charge in [0.25, 0.3) is 0 Å². The van der Waals surface area contributed by atoms with Gasteiger partial charge in [0.05, 0.1) is 28.8 Å². The number of carbonyl (C=O) groups is 1. The first-order chi connectivity index (χ1) is 12.1. The highest BCUT2D eigenvalue weighted by Gasteiger charge is 2.32. The Hall–Kier alpha value is -1.83. The first-order valence-electron chi connectivity index (χ1n) is 8.57. The molecule has 3 N–H and O–H groups in total. The van der Waals surface area contributed by atoms with Gasteiger partial charge in [0, 0.05) is 12.1 Å². The number of β-amino-alcohol motifs (C(OH)–C–C–N with tert-alkyl or cyclic N) is 1. The van der Waals surface area contributed by atoms with Crippen molar-refractivity contribution in [3.05, 3.63) is 40.7 Å². The number of halogens is 1. The van der Waals surface area contributed by atoms with Gasteiger partial charge in [0.1, 0.15) is 10.8 Å². The Morgan fingerprint density at radius 2 is 2.16 bits per heavy atom. The Kier molecular flexibility index (Phi) is 4.54. The summed E-state index contributed by atoms with van der Waals surface area (Å²) in [6.45, 7) is 0.462. The molecule has 1 saturated heterocycles. The van der Waals surface area contributed by atoms with E-state index in [1.165, 1.54) is 12.1 Å². The van der Waals surface area contributed by atoms with Gasteiger partial charge in [-0.2, -0.15) is 0 Å². The minimum Gasteiger partial charge on any atom is -0.392 e. The van der Waals surface area contributed by atoms with E-state index in [2.05, 4.69) is 10.6 Å². The van der Waals surface area contributed by atoms with Crippen molar-refractivity contribution in [1.29, 1.82) is 0 Å². The Morgan fingerprint density at radius 1 is 1.36 bits per heavy atom. The molecule has 2 aliphatic rings. The summed E-state index contributed by atoms with van der Waals surface area (Å²) in [4.78, 5) is 18.2. The summed E-state index contributed by atoms with van der Waals surface area (Å²) in [6, 6.07) is 5.97. The lowest BCUT2D eigenvalue weighted by atomic mass is 9.97. The average molecular weight is 361 g/mol. The zero-order valence-corrected chi connectivity index (χ0v) is 14.5. The van der Waals surface area contributed by atoms with Gasteiger partial charge in [0.2, 0.25) is 5.91 Å². The Balaban J connectivity index is 1.53. The third-order valence-electron chi connectivity index (χ3n) is 4.78. The summed E-state index contributed by atoms with van der Waals surface area (Å²) in [5.41, 5.74) is 1.92. The molecule has 0 bridgehead atoms. The molecule has 5 nitrogen and oxygen atoms in total. The molecule has 132 valence electrons. The number of hydrogen-bond donors (Lipinski definition) is 3. The highest BCUT2D eigenvalue weighted by atomic mass is 32.1. The third-order valence-corrected chi connectivity index (χ3v) is 6.04. The molecule has 3 atom stereocenters. The molecule has 1 amide bonds. The predicted octanol–water partition coefficient (Wildman–Crippen LogP) is 2.17. The molecule has 25 heavy (non-hydrogen) atoms. The number of nitrogens with zero attached hydrogens (tertiary/aromatic N) is 1. The molecule has 1 aliphatic heterocycles. The van der Waals surface area contributed by atoms with Gasteiger partial charge >= 0.3 is 0 Å². The summed E-state index contributed by atoms with van der Waals surface area (Å²) in [5.74, 6) is -0.326. The summed E-state index contributed by atoms with van der Waals surface area (Å²) >= 11 is 1.57. The molecule has 1 aliphatic carbocycles. The number of rotatable bonds is 3. The second kappa shape index (κ2) is 6.82. The molecule has 3 unspecified atom stereocenters. The van der Waals surface area contributed by atoms with Gasteiger partial charge in [-0.05, 0) is 49.9 Å². The SMILES string of the molecule is O=C(NC1CCCc2nc(-c3ccc(F)cc3)sc21)C1CC(O)CN1. The lowest BCUT2D eigenvalue weighted by Gasteiger charge is -2.24. The number of amides is 1. The standard InChI is InChI=1S/C18H20FN3O2S/c19-11-6-4-10(5-7-11)18-22-14-3-1-2-13(16(14)25-18)21-17(24)15-8-12(23)9-20-15/h4-7,12-13,15,20,23H,1-3,8-9H2,(H,21,24). The maximum Gasteiger partial charge on any atom is 0.237 e. The highest BCUT2D eigenvalue weighted by Crippen LogP contribution is 2.38. The van der Waals surface area contributed by atoms with Crippen molar-refractivity contribution in [3.8, 4) is 10.6 Å². The first-order valence-corrected chi connectivity index (χ1v) is 9.39. The largest absolute Gasteiger partial charge is 0.392 e. The lowest BCUT2D eigenvalue weighted by molar-refractivity contribution is -0.123. The Morgan fingerprint density at radius 3 is 2.88 bits per heavy atom. The monoisotopic (exact) mass is 361 g/mol. The summed E-state index contributed by atoms with van der Waals surface area (Å²) in [7, 11) is 0. The summed E-state index contributed by atoms with van der Waals surface area (Å²) in [6.07, 6.45) is 2.77. The van der Waals surface area contributed by atoms with Crippen LogP contribution in [0.5, 0.6) is 0 Å². The number of fused-ring (bicyclic) bond motifs is 1. The molecule has 0 radical (unpaired) electrons. The van der Waals surface area contributed by atoms with E-state index in [4.69, 9.17) is 4.98 Å². The fourth-order valence-corrected chi connectivity index (χ4v) is 4.67. The van der Waals surface area contributed by atoms with Gasteiger partial charge in [-0.1, -0.05) is 0 Å². The minimum absolute atomic E-state index is 0.0394. The molecular weight excluding hydrogens is 341 g/mol. The Labute approximate surface area is 149 Å². The number of hydrogen-bond acceptors (Lipinski definition) is 5. The van der Waals surface area contributed by atoms with Crippen molar-refractivity contribution >= 4 is 17.2 Å². The van der Waals surface area contributed by atoms with E-state index in [0.717, 1.165) is 40.4 Å². The van der Waals surface area contributed by atoms with Gasteiger partial charge < -0.3 is 15.7 Å². The number of aliphatic hydroxyl groups excluding tert-OH is 1. The minimum atomic E-state index is -0.453. The lowest BCUT2D eigenvalue weighted by Crippen LogP contribution is -2.42. The van der Waals surface area contributed by atoms with Crippen LogP contribution in [0.15, 0.2) is 24.3 Å². The molecule has 4 rings (SSSR count). The number of carbonyl (C=O) groups excluding carboxylic acids is 1. The highest BCUT2D eigenvalue weighted by molar-refractivity contribution is 7.15. The van der Waals surface area contributed by atoms with Crippen LogP contribution >= 0.6 is 11.3 Å². The van der Waals surface area contributed by atoms with Crippen LogP contribution in [0.25, 0.3) is 10.6 Å². The quantitative estimate of drug-likeness (QED) is 0.783. The van der Waals surface area contributed by atoms with Crippen molar-refractivity contribution in [3.63, 3.8) is 0 Å². The maximum atomic E-state index is 13.1. The van der Waals surface area contributed by atoms with Crippen molar-refractivity contribution in [2.75, 3.05) is 6.54 Å². The van der Waals surface area contributed by atoms with E-state index in [0.29, 0.717) is 13.0 Å². The van der Waals surface area contributed by atoms with E-state index in [9.17, 15) is 14.3 Å². The molecule has 1 aromatic carbocycles. The second-order valence-electron chi connectivity index (χ2n) is 6.64. The van der Waals surface area contributed by atoms with Crippen molar-refractivity contribution < 1.29 is 14.3 Å². The number of nitrogens with one attached hydrogen (secondary N) is 2. The van der Waals surface area contributed by atoms with Gasteiger partial charge in [-0.15, -0.1) is 11.3 Å². The van der Waals surface area contributed by atoms with Gasteiger partial charge in [-0.3, -0.25) is 4.79 Å². The number of benzene rings is 1. The summed E-state index contributed by atoms with van der Waals surface area (Å²) in [5, 5.41) is 16.6. The molecular formula is C18H20FN3O2S. The normalized spacial score (nSPS) is 25.6. The van der Waals surface area contributed by atoms with Crippen molar-refractivity contribution in [1.82, 2.24) is 15.6 Å². The number of thiazole rings is 1. The zero-order chi connectivity index (χ0) is 17.4. The van der Waals surface area contributed by atoms with E-state index in [-0.39, 0.29) is 23.8 Å². The smallest absolute Gasteiger partial charge is 0.237 e.